The van der Waals surface area contributed by atoms with Gasteiger partial charge in [0.2, 0.25) is 0 Å². The summed E-state index contributed by atoms with van der Waals surface area (Å²) in [5, 5.41) is 0. The zero-order valence-electron chi connectivity index (χ0n) is 10.4. The molecule has 1 nitrogen and oxygen atoms in total. The highest BCUT2D eigenvalue weighted by Gasteiger charge is 2.11. The Morgan fingerprint density at radius 1 is 1.12 bits per heavy atom. The third kappa shape index (κ3) is 3.60. The first-order chi connectivity index (χ1) is 7.88. The number of hydrogen-bond donors (Lipinski definition) is 0. The topological polar surface area (TPSA) is 3.24 Å². The van der Waals surface area contributed by atoms with Gasteiger partial charge in [0.1, 0.15) is 0 Å². The summed E-state index contributed by atoms with van der Waals surface area (Å²) in [6.45, 7) is 6.07. The fraction of sp³-hybridized carbons (Fsp3) is 0.714. The van der Waals surface area contributed by atoms with Crippen LogP contribution in [0.15, 0.2) is 12.1 Å². The third-order valence-electron chi connectivity index (χ3n) is 3.32. The predicted octanol–water partition coefficient (Wildman–Crippen LogP) is 4.08. The van der Waals surface area contributed by atoms with Crippen LogP contribution in [0.5, 0.6) is 0 Å². The first-order valence-electron chi connectivity index (χ1n) is 6.68. The van der Waals surface area contributed by atoms with Crippen LogP contribution in [0, 0.1) is 0 Å². The van der Waals surface area contributed by atoms with Crippen molar-refractivity contribution in [2.45, 2.75) is 52.0 Å². The molecule has 0 aromatic carbocycles. The largest absolute Gasteiger partial charge is 0.298 e. The van der Waals surface area contributed by atoms with Gasteiger partial charge in [-0.25, -0.2) is 0 Å². The minimum atomic E-state index is 1.19. The highest BCUT2D eigenvalue weighted by molar-refractivity contribution is 7.11. The van der Waals surface area contributed by atoms with Crippen molar-refractivity contribution >= 4 is 11.3 Å². The quantitative estimate of drug-likeness (QED) is 0.746. The molecule has 1 aromatic rings. The highest BCUT2D eigenvalue weighted by Crippen LogP contribution is 2.21. The Balaban J connectivity index is 1.81. The minimum absolute atomic E-state index is 1.19. The Hall–Kier alpha value is -0.340. The molecule has 1 fully saturated rings. The maximum absolute atomic E-state index is 2.61. The Morgan fingerprint density at radius 2 is 1.88 bits per heavy atom. The average molecular weight is 237 g/mol. The number of piperidine rings is 1. The van der Waals surface area contributed by atoms with Crippen molar-refractivity contribution < 1.29 is 0 Å². The lowest BCUT2D eigenvalue weighted by atomic mass is 10.1. The normalized spacial score (nSPS) is 17.8. The molecule has 0 amide bonds. The Labute approximate surface area is 103 Å². The van der Waals surface area contributed by atoms with E-state index in [4.69, 9.17) is 0 Å². The summed E-state index contributed by atoms with van der Waals surface area (Å²) in [7, 11) is 0. The van der Waals surface area contributed by atoms with E-state index < -0.39 is 0 Å². The molecular formula is C14H23NS. The van der Waals surface area contributed by atoms with Crippen LogP contribution in [-0.4, -0.2) is 18.0 Å². The van der Waals surface area contributed by atoms with E-state index >= 15 is 0 Å². The van der Waals surface area contributed by atoms with Crippen molar-refractivity contribution in [1.29, 1.82) is 0 Å². The molecule has 0 bridgehead atoms. The molecular weight excluding hydrogens is 214 g/mol. The number of aryl methyl sites for hydroxylation is 1. The predicted molar refractivity (Wildman–Crippen MR) is 72.1 cm³/mol. The molecule has 2 heterocycles. The van der Waals surface area contributed by atoms with Crippen molar-refractivity contribution in [3.8, 4) is 0 Å². The molecule has 1 saturated heterocycles. The van der Waals surface area contributed by atoms with Crippen LogP contribution in [0.25, 0.3) is 0 Å². The molecule has 0 radical (unpaired) electrons. The van der Waals surface area contributed by atoms with Gasteiger partial charge in [-0.15, -0.1) is 11.3 Å². The monoisotopic (exact) mass is 237 g/mol. The van der Waals surface area contributed by atoms with Crippen LogP contribution in [0.1, 0.15) is 48.8 Å². The maximum Gasteiger partial charge on any atom is 0.0328 e. The first kappa shape index (κ1) is 12.1. The van der Waals surface area contributed by atoms with Gasteiger partial charge in [0, 0.05) is 16.3 Å². The lowest BCUT2D eigenvalue weighted by Gasteiger charge is -2.25. The van der Waals surface area contributed by atoms with Crippen molar-refractivity contribution in [1.82, 2.24) is 4.90 Å². The van der Waals surface area contributed by atoms with Crippen LogP contribution in [0.3, 0.4) is 0 Å². The summed E-state index contributed by atoms with van der Waals surface area (Å²) >= 11 is 2.02. The van der Waals surface area contributed by atoms with Crippen LogP contribution in [0.4, 0.5) is 0 Å². The van der Waals surface area contributed by atoms with Gasteiger partial charge in [-0.2, -0.15) is 0 Å². The Morgan fingerprint density at radius 3 is 2.62 bits per heavy atom. The van der Waals surface area contributed by atoms with Gasteiger partial charge in [-0.05, 0) is 50.9 Å². The zero-order chi connectivity index (χ0) is 11.2. The van der Waals surface area contributed by atoms with Gasteiger partial charge in [0.15, 0.2) is 0 Å². The number of likely N-dealkylation sites (tertiary alicyclic amines) is 1. The Bertz CT molecular complexity index is 299. The fourth-order valence-corrected chi connectivity index (χ4v) is 3.43. The molecule has 1 aliphatic heterocycles. The van der Waals surface area contributed by atoms with Crippen molar-refractivity contribution in [2.75, 3.05) is 13.1 Å². The number of rotatable bonds is 5. The van der Waals surface area contributed by atoms with E-state index in [0.717, 1.165) is 0 Å². The van der Waals surface area contributed by atoms with Gasteiger partial charge in [-0.1, -0.05) is 19.8 Å². The summed E-state index contributed by atoms with van der Waals surface area (Å²) in [5.41, 5.74) is 0. The number of hydrogen-bond acceptors (Lipinski definition) is 2. The van der Waals surface area contributed by atoms with E-state index in [0.29, 0.717) is 0 Å². The van der Waals surface area contributed by atoms with E-state index in [2.05, 4.69) is 24.0 Å². The molecule has 1 aromatic heterocycles. The van der Waals surface area contributed by atoms with Crippen LogP contribution in [0.2, 0.25) is 0 Å². The summed E-state index contributed by atoms with van der Waals surface area (Å²) in [5.74, 6) is 0. The van der Waals surface area contributed by atoms with Gasteiger partial charge in [0.25, 0.3) is 0 Å². The third-order valence-corrected chi connectivity index (χ3v) is 4.45. The average Bonchev–Trinajstić information content (AvgIpc) is 2.75. The number of unbranched alkanes of at least 4 members (excludes halogenated alkanes) is 1. The maximum atomic E-state index is 2.61. The minimum Gasteiger partial charge on any atom is -0.298 e. The molecule has 0 aliphatic carbocycles. The van der Waals surface area contributed by atoms with E-state index in [1.54, 1.807) is 9.75 Å². The second-order valence-electron chi connectivity index (χ2n) is 4.81. The summed E-state index contributed by atoms with van der Waals surface area (Å²) in [6, 6.07) is 4.67. The molecule has 90 valence electrons. The molecule has 0 N–H and O–H groups in total. The molecule has 2 rings (SSSR count). The second kappa shape index (κ2) is 6.41. The summed E-state index contributed by atoms with van der Waals surface area (Å²) < 4.78 is 0. The van der Waals surface area contributed by atoms with E-state index in [1.165, 1.54) is 58.2 Å². The van der Waals surface area contributed by atoms with Gasteiger partial charge < -0.3 is 0 Å². The van der Waals surface area contributed by atoms with Gasteiger partial charge in [-0.3, -0.25) is 4.90 Å². The summed E-state index contributed by atoms with van der Waals surface area (Å²) in [4.78, 5) is 5.75. The van der Waals surface area contributed by atoms with Crippen LogP contribution < -0.4 is 0 Å². The molecule has 16 heavy (non-hydrogen) atoms. The molecule has 2 heteroatoms. The van der Waals surface area contributed by atoms with E-state index in [1.807, 2.05) is 11.3 Å². The standard InChI is InChI=1S/C14H23NS/c1-2-3-7-13-8-9-14(16-13)12-15-10-5-4-6-11-15/h8-9H,2-7,10-12H2,1H3. The van der Waals surface area contributed by atoms with Gasteiger partial charge in [0.05, 0.1) is 0 Å². The fourth-order valence-electron chi connectivity index (χ4n) is 2.33. The van der Waals surface area contributed by atoms with Crippen LogP contribution in [-0.2, 0) is 13.0 Å². The second-order valence-corrected chi connectivity index (χ2v) is 6.06. The van der Waals surface area contributed by atoms with Gasteiger partial charge >= 0.3 is 0 Å². The molecule has 0 unspecified atom stereocenters. The molecule has 0 saturated carbocycles. The van der Waals surface area contributed by atoms with Crippen molar-refractivity contribution in [3.05, 3.63) is 21.9 Å². The first-order valence-corrected chi connectivity index (χ1v) is 7.50. The Kier molecular flexibility index (Phi) is 4.86. The number of thiophene rings is 1. The van der Waals surface area contributed by atoms with E-state index in [-0.39, 0.29) is 0 Å². The highest BCUT2D eigenvalue weighted by atomic mass is 32.1. The lowest BCUT2D eigenvalue weighted by molar-refractivity contribution is 0.222. The molecule has 0 spiro atoms. The van der Waals surface area contributed by atoms with Crippen LogP contribution >= 0.6 is 11.3 Å². The zero-order valence-corrected chi connectivity index (χ0v) is 11.2. The molecule has 0 atom stereocenters. The smallest absolute Gasteiger partial charge is 0.0328 e. The van der Waals surface area contributed by atoms with Crippen molar-refractivity contribution in [2.24, 2.45) is 0 Å². The SMILES string of the molecule is CCCCc1ccc(CN2CCCCC2)s1. The lowest BCUT2D eigenvalue weighted by Crippen LogP contribution is -2.28. The molecule has 1 aliphatic rings. The van der Waals surface area contributed by atoms with E-state index in [9.17, 15) is 0 Å². The number of nitrogens with zero attached hydrogens (tertiary/aromatic N) is 1. The summed E-state index contributed by atoms with van der Waals surface area (Å²) in [6.07, 6.45) is 8.15. The van der Waals surface area contributed by atoms with Crippen molar-refractivity contribution in [3.63, 3.8) is 0 Å².